The number of carbonyl (C=O) groups excluding carboxylic acids is 1. The maximum Gasteiger partial charge on any atom is 0.355 e. The molecule has 3 aromatic carbocycles. The van der Waals surface area contributed by atoms with E-state index in [4.69, 9.17) is 9.47 Å². The second kappa shape index (κ2) is 17.7. The monoisotopic (exact) mass is 923 g/mol. The van der Waals surface area contributed by atoms with Crippen LogP contribution in [0.1, 0.15) is 104 Å². The van der Waals surface area contributed by atoms with Crippen molar-refractivity contribution in [2.24, 2.45) is 5.92 Å². The Morgan fingerprint density at radius 2 is 1.61 bits per heavy atom. The summed E-state index contributed by atoms with van der Waals surface area (Å²) in [6.45, 7) is -0.915. The number of aliphatic hydroxyl groups excluding tert-OH is 4. The van der Waals surface area contributed by atoms with Crippen molar-refractivity contribution < 1.29 is 70.1 Å². The number of amides is 1. The van der Waals surface area contributed by atoms with Crippen LogP contribution in [0.15, 0.2) is 84.8 Å². The number of fused-ring (bicyclic) bond motifs is 3. The number of aromatic nitrogens is 2. The van der Waals surface area contributed by atoms with Crippen LogP contribution in [0.5, 0.6) is 23.0 Å². The van der Waals surface area contributed by atoms with Crippen molar-refractivity contribution in [3.05, 3.63) is 113 Å². The zero-order chi connectivity index (χ0) is 47.5. The highest BCUT2D eigenvalue weighted by Crippen LogP contribution is 2.67. The van der Waals surface area contributed by atoms with Crippen LogP contribution in [0, 0.1) is 5.92 Å². The Morgan fingerprint density at radius 3 is 2.30 bits per heavy atom. The van der Waals surface area contributed by atoms with Crippen LogP contribution in [0.3, 0.4) is 0 Å². The molecular formula is C50H57N3O14. The molecule has 9 rings (SSSR count). The van der Waals surface area contributed by atoms with Gasteiger partial charge in [0, 0.05) is 52.9 Å². The summed E-state index contributed by atoms with van der Waals surface area (Å²) in [6.07, 6.45) is 6.71. The average molecular weight is 924 g/mol. The summed E-state index contributed by atoms with van der Waals surface area (Å²) in [7, 11) is 0. The molecule has 17 nitrogen and oxygen atoms in total. The number of rotatable bonds is 13. The van der Waals surface area contributed by atoms with Gasteiger partial charge in [-0.15, -0.1) is 0 Å². The highest BCUT2D eigenvalue weighted by molar-refractivity contribution is 6.13. The van der Waals surface area contributed by atoms with E-state index in [1.54, 1.807) is 36.5 Å². The number of allylic oxidation sites excluding steroid dienone is 1. The lowest BCUT2D eigenvalue weighted by atomic mass is 9.55. The summed E-state index contributed by atoms with van der Waals surface area (Å²) in [5, 5.41) is 111. The second-order valence-electron chi connectivity index (χ2n) is 19.0. The number of carbonyl (C=O) groups is 2. The van der Waals surface area contributed by atoms with Crippen LogP contribution in [-0.4, -0.2) is 121 Å². The van der Waals surface area contributed by atoms with E-state index in [-0.39, 0.29) is 29.2 Å². The number of hydrogen-bond donors (Lipinski definition) is 11. The zero-order valence-electron chi connectivity index (χ0n) is 36.7. The third kappa shape index (κ3) is 7.95. The predicted molar refractivity (Wildman–Crippen MR) is 240 cm³/mol. The number of phenolic OH excluding ortho intramolecular Hbond substituents is 3. The minimum absolute atomic E-state index is 0.00522. The third-order valence-corrected chi connectivity index (χ3v) is 15.1. The number of benzene rings is 3. The number of imidazole rings is 1. The molecule has 1 aromatic heterocycles. The summed E-state index contributed by atoms with van der Waals surface area (Å²) in [5.41, 5.74) is -0.864. The van der Waals surface area contributed by atoms with Gasteiger partial charge in [0.25, 0.3) is 5.91 Å². The molecule has 11 N–H and O–H groups in total. The molecule has 3 heterocycles. The fourth-order valence-electron chi connectivity index (χ4n) is 11.9. The molecule has 17 heteroatoms. The van der Waals surface area contributed by atoms with E-state index >= 15 is 4.79 Å². The normalized spacial score (nSPS) is 29.7. The van der Waals surface area contributed by atoms with E-state index in [9.17, 15) is 55.9 Å². The summed E-state index contributed by atoms with van der Waals surface area (Å²) in [6, 6.07) is 14.1. The molecular weight excluding hydrogens is 867 g/mol. The van der Waals surface area contributed by atoms with Crippen molar-refractivity contribution in [2.75, 3.05) is 11.5 Å². The standard InChI is InChI=1S/C50H57N3O14/c54-26-39-43(59)44(60)45(61)50(65,67-39)66-38-23-34-32(22-37(38)57)42-41(48(17-4-1-5-18-48)33-8-2-3-9-36(33)56)29(14-19-47(64)15-6-7-16-47)24-49(42,46(62)63)53(34)40(58)13-11-28-10-12-35(55)30(20-28)21-31-25-51-27-52-31/h2-3,8-13,20,22-25,27,39,41-45,54-57,59-61,64-65H,1,4-7,14-19,21,26H2,(H,51,52)(H,62,63). The van der Waals surface area contributed by atoms with Crippen molar-refractivity contribution >= 4 is 23.6 Å². The fourth-order valence-corrected chi connectivity index (χ4v) is 11.9. The Kier molecular flexibility index (Phi) is 12.2. The van der Waals surface area contributed by atoms with Crippen molar-refractivity contribution in [1.82, 2.24) is 9.97 Å². The number of phenols is 3. The van der Waals surface area contributed by atoms with Gasteiger partial charge in [0.1, 0.15) is 29.8 Å². The Hall–Kier alpha value is -5.79. The van der Waals surface area contributed by atoms with Crippen LogP contribution >= 0.6 is 0 Å². The number of aromatic amines is 1. The molecule has 8 unspecified atom stereocenters. The largest absolute Gasteiger partial charge is 0.508 e. The van der Waals surface area contributed by atoms with E-state index < -0.39 is 88.8 Å². The number of carboxylic acid groups (broad SMARTS) is 1. The quantitative estimate of drug-likeness (QED) is 0.0511. The zero-order valence-corrected chi connectivity index (χ0v) is 36.7. The van der Waals surface area contributed by atoms with Crippen molar-refractivity contribution in [1.29, 1.82) is 0 Å². The molecule has 0 radical (unpaired) electrons. The van der Waals surface area contributed by atoms with Gasteiger partial charge in [0.15, 0.2) is 23.1 Å². The molecule has 2 aliphatic heterocycles. The van der Waals surface area contributed by atoms with Gasteiger partial charge in [0.05, 0.1) is 24.2 Å². The molecule has 356 valence electrons. The SMILES string of the molecule is O=C(C=Cc1ccc(O)c(Cc2cnc[nH]2)c1)N1c2cc(OC3(O)OC(CO)C(O)C(O)C3O)c(O)cc2C2C(C3(c4ccccc4O)CCCCC3)C(CCC3(O)CCCC3)=CC21C(=O)O. The highest BCUT2D eigenvalue weighted by Gasteiger charge is 2.68. The molecule has 4 aromatic rings. The Labute approximate surface area is 385 Å². The average Bonchev–Trinajstić information content (AvgIpc) is 4.12. The molecule has 67 heavy (non-hydrogen) atoms. The van der Waals surface area contributed by atoms with Crippen molar-refractivity contribution in [2.45, 2.75) is 130 Å². The first kappa shape index (κ1) is 46.3. The number of ether oxygens (including phenoxy) is 2. The molecule has 0 bridgehead atoms. The smallest absolute Gasteiger partial charge is 0.355 e. The number of hydrogen-bond acceptors (Lipinski definition) is 14. The molecule has 3 fully saturated rings. The van der Waals surface area contributed by atoms with E-state index in [0.29, 0.717) is 60.8 Å². The van der Waals surface area contributed by atoms with Crippen LogP contribution in [0.4, 0.5) is 5.69 Å². The summed E-state index contributed by atoms with van der Waals surface area (Å²) < 4.78 is 11.1. The first-order valence-electron chi connectivity index (χ1n) is 22.9. The lowest BCUT2D eigenvalue weighted by Crippen LogP contribution is -2.67. The maximum absolute atomic E-state index is 15.2. The Morgan fingerprint density at radius 1 is 0.881 bits per heavy atom. The molecule has 1 amide bonds. The van der Waals surface area contributed by atoms with Gasteiger partial charge in [-0.3, -0.25) is 9.69 Å². The number of nitrogens with one attached hydrogen (secondary N) is 1. The molecule has 8 atom stereocenters. The number of aromatic hydroxyl groups is 3. The summed E-state index contributed by atoms with van der Waals surface area (Å²) in [5.74, 6) is -8.48. The number of anilines is 1. The van der Waals surface area contributed by atoms with Crippen LogP contribution in [0.2, 0.25) is 0 Å². The van der Waals surface area contributed by atoms with Crippen LogP contribution < -0.4 is 9.64 Å². The van der Waals surface area contributed by atoms with Crippen LogP contribution in [-0.2, 0) is 26.2 Å². The lowest BCUT2D eigenvalue weighted by molar-refractivity contribution is -0.422. The van der Waals surface area contributed by atoms with Crippen molar-refractivity contribution in [3.8, 4) is 23.0 Å². The number of para-hydroxylation sites is 1. The molecule has 0 spiro atoms. The lowest BCUT2D eigenvalue weighted by Gasteiger charge is -2.48. The maximum atomic E-state index is 15.2. The number of aliphatic carboxylic acids is 1. The number of carboxylic acids is 1. The minimum atomic E-state index is -3.18. The third-order valence-electron chi connectivity index (χ3n) is 15.1. The molecule has 2 saturated carbocycles. The Bertz CT molecular complexity index is 2570. The van der Waals surface area contributed by atoms with E-state index in [0.717, 1.165) is 48.8 Å². The first-order valence-corrected chi connectivity index (χ1v) is 22.9. The summed E-state index contributed by atoms with van der Waals surface area (Å²) >= 11 is 0. The van der Waals surface area contributed by atoms with E-state index in [1.807, 2.05) is 12.1 Å². The second-order valence-corrected chi connectivity index (χ2v) is 19.0. The topological polar surface area (TPSA) is 287 Å². The first-order chi connectivity index (χ1) is 32.0. The van der Waals surface area contributed by atoms with Crippen molar-refractivity contribution in [3.63, 3.8) is 0 Å². The van der Waals surface area contributed by atoms with E-state index in [2.05, 4.69) is 9.97 Å². The van der Waals surface area contributed by atoms with Gasteiger partial charge in [0.2, 0.25) is 0 Å². The summed E-state index contributed by atoms with van der Waals surface area (Å²) in [4.78, 5) is 37.9. The highest BCUT2D eigenvalue weighted by atomic mass is 16.8. The van der Waals surface area contributed by atoms with Gasteiger partial charge >= 0.3 is 11.9 Å². The predicted octanol–water partition coefficient (Wildman–Crippen LogP) is 4.13. The van der Waals surface area contributed by atoms with E-state index in [1.165, 1.54) is 30.6 Å². The number of aliphatic hydroxyl groups is 6. The van der Waals surface area contributed by atoms with Gasteiger partial charge in [-0.1, -0.05) is 61.9 Å². The number of H-pyrrole nitrogens is 1. The minimum Gasteiger partial charge on any atom is -0.508 e. The van der Waals surface area contributed by atoms with Gasteiger partial charge in [-0.2, -0.15) is 0 Å². The molecule has 1 saturated heterocycles. The van der Waals surface area contributed by atoms with Gasteiger partial charge < -0.3 is 65.5 Å². The van der Waals surface area contributed by atoms with Crippen LogP contribution in [0.25, 0.3) is 6.08 Å². The fraction of sp³-hybridized carbons (Fsp3) is 0.460. The van der Waals surface area contributed by atoms with Gasteiger partial charge in [-0.05, 0) is 92.0 Å². The molecule has 5 aliphatic rings. The molecule has 3 aliphatic carbocycles. The Balaban J connectivity index is 1.22. The van der Waals surface area contributed by atoms with Gasteiger partial charge in [-0.25, -0.2) is 9.78 Å². The number of nitrogens with zero attached hydrogens (tertiary/aromatic N) is 2.